The number of nitrogens with one attached hydrogen (secondary N) is 2. The molecule has 9 heteroatoms. The molecule has 2 aromatic rings. The van der Waals surface area contributed by atoms with Crippen LogP contribution in [0.5, 0.6) is 0 Å². The van der Waals surface area contributed by atoms with Crippen molar-refractivity contribution in [2.45, 2.75) is 45.7 Å². The van der Waals surface area contributed by atoms with E-state index in [0.29, 0.717) is 17.4 Å². The van der Waals surface area contributed by atoms with Crippen molar-refractivity contribution in [3.63, 3.8) is 0 Å². The lowest BCUT2D eigenvalue weighted by Crippen LogP contribution is -2.43. The van der Waals surface area contributed by atoms with E-state index >= 15 is 0 Å². The molecule has 0 amide bonds. The minimum atomic E-state index is -0.571. The Kier molecular flexibility index (Phi) is 10.6. The topological polar surface area (TPSA) is 52.6 Å². The smallest absolute Gasteiger partial charge is 0.191 e. The first-order valence-corrected chi connectivity index (χ1v) is 11.4. The predicted octanol–water partition coefficient (Wildman–Crippen LogP) is 4.74. The standard InChI is InChI=1S/C22H31F2N5S.HI/c1-4-21-28-18(14-30-21)13-29-9-7-16(8-10-29)12-26-22(25-3)27-15(2)19-6-5-17(23)11-20(19)24;/h5-6,11,14-16H,4,7-10,12-13H2,1-3H3,(H2,25,26,27);1H. The normalized spacial score (nSPS) is 16.6. The van der Waals surface area contributed by atoms with Crippen molar-refractivity contribution in [1.29, 1.82) is 0 Å². The minimum Gasteiger partial charge on any atom is -0.356 e. The molecule has 1 fully saturated rings. The van der Waals surface area contributed by atoms with Crippen molar-refractivity contribution in [2.24, 2.45) is 10.9 Å². The number of rotatable bonds is 7. The maximum atomic E-state index is 14.0. The molecular weight excluding hydrogens is 531 g/mol. The third kappa shape index (κ3) is 7.64. The Bertz CT molecular complexity index is 852. The molecule has 1 atom stereocenters. The summed E-state index contributed by atoms with van der Waals surface area (Å²) in [6.07, 6.45) is 3.24. The molecule has 1 aliphatic heterocycles. The lowest BCUT2D eigenvalue weighted by Gasteiger charge is -2.32. The molecule has 1 saturated heterocycles. The van der Waals surface area contributed by atoms with Gasteiger partial charge in [-0.05, 0) is 51.3 Å². The van der Waals surface area contributed by atoms with Crippen LogP contribution in [0.25, 0.3) is 0 Å². The lowest BCUT2D eigenvalue weighted by molar-refractivity contribution is 0.176. The zero-order valence-electron chi connectivity index (χ0n) is 18.3. The highest BCUT2D eigenvalue weighted by Gasteiger charge is 2.21. The number of aliphatic imine (C=N–C) groups is 1. The molecule has 1 unspecified atom stereocenters. The summed E-state index contributed by atoms with van der Waals surface area (Å²) in [4.78, 5) is 11.4. The van der Waals surface area contributed by atoms with Crippen LogP contribution in [-0.4, -0.2) is 42.5 Å². The Hall–Kier alpha value is -1.33. The molecule has 0 bridgehead atoms. The number of halogens is 3. The number of aromatic nitrogens is 1. The van der Waals surface area contributed by atoms with Gasteiger partial charge in [0, 0.05) is 37.1 Å². The van der Waals surface area contributed by atoms with Crippen LogP contribution < -0.4 is 10.6 Å². The van der Waals surface area contributed by atoms with Crippen LogP contribution in [0, 0.1) is 17.6 Å². The zero-order chi connectivity index (χ0) is 21.5. The van der Waals surface area contributed by atoms with Gasteiger partial charge < -0.3 is 10.6 Å². The van der Waals surface area contributed by atoms with Crippen LogP contribution in [0.1, 0.15) is 49.0 Å². The molecular formula is C22H32F2IN5S. The van der Waals surface area contributed by atoms with Gasteiger partial charge in [-0.15, -0.1) is 35.3 Å². The van der Waals surface area contributed by atoms with E-state index in [1.807, 2.05) is 6.92 Å². The number of guanidine groups is 1. The molecule has 5 nitrogen and oxygen atoms in total. The van der Waals surface area contributed by atoms with Gasteiger partial charge in [0.1, 0.15) is 11.6 Å². The molecule has 0 aliphatic carbocycles. The van der Waals surface area contributed by atoms with Gasteiger partial charge in [-0.25, -0.2) is 13.8 Å². The molecule has 2 heterocycles. The number of aryl methyl sites for hydroxylation is 1. The Balaban J connectivity index is 0.00000341. The van der Waals surface area contributed by atoms with Gasteiger partial charge in [-0.3, -0.25) is 9.89 Å². The molecule has 172 valence electrons. The summed E-state index contributed by atoms with van der Waals surface area (Å²) in [7, 11) is 1.70. The number of hydrogen-bond donors (Lipinski definition) is 2. The SMILES string of the molecule is CCc1nc(CN2CCC(CNC(=NC)NC(C)c3ccc(F)cc3F)CC2)cs1.I. The summed E-state index contributed by atoms with van der Waals surface area (Å²) in [6, 6.07) is 3.34. The molecule has 1 aromatic heterocycles. The molecule has 0 radical (unpaired) electrons. The van der Waals surface area contributed by atoms with Gasteiger partial charge in [0.15, 0.2) is 5.96 Å². The lowest BCUT2D eigenvalue weighted by atomic mass is 9.97. The summed E-state index contributed by atoms with van der Waals surface area (Å²) >= 11 is 1.75. The Labute approximate surface area is 204 Å². The first-order valence-electron chi connectivity index (χ1n) is 10.6. The van der Waals surface area contributed by atoms with E-state index in [9.17, 15) is 8.78 Å². The fourth-order valence-electron chi connectivity index (χ4n) is 3.73. The van der Waals surface area contributed by atoms with Crippen molar-refractivity contribution >= 4 is 41.3 Å². The number of nitrogens with zero attached hydrogens (tertiary/aromatic N) is 3. The van der Waals surface area contributed by atoms with Crippen LogP contribution >= 0.6 is 35.3 Å². The quantitative estimate of drug-likeness (QED) is 0.291. The van der Waals surface area contributed by atoms with Crippen LogP contribution in [0.3, 0.4) is 0 Å². The molecule has 2 N–H and O–H groups in total. The fourth-order valence-corrected chi connectivity index (χ4v) is 4.47. The number of piperidine rings is 1. The molecule has 0 saturated carbocycles. The highest BCUT2D eigenvalue weighted by Crippen LogP contribution is 2.20. The molecule has 0 spiro atoms. The van der Waals surface area contributed by atoms with Gasteiger partial charge in [-0.1, -0.05) is 13.0 Å². The second-order valence-corrected chi connectivity index (χ2v) is 8.73. The molecule has 1 aromatic carbocycles. The average molecular weight is 564 g/mol. The Morgan fingerprint density at radius 3 is 2.68 bits per heavy atom. The summed E-state index contributed by atoms with van der Waals surface area (Å²) in [6.45, 7) is 7.86. The first-order chi connectivity index (χ1) is 14.5. The van der Waals surface area contributed by atoms with Crippen LogP contribution in [0.2, 0.25) is 0 Å². The van der Waals surface area contributed by atoms with E-state index in [4.69, 9.17) is 0 Å². The van der Waals surface area contributed by atoms with Crippen LogP contribution in [0.4, 0.5) is 8.78 Å². The Morgan fingerprint density at radius 1 is 1.32 bits per heavy atom. The van der Waals surface area contributed by atoms with Gasteiger partial charge >= 0.3 is 0 Å². The average Bonchev–Trinajstić information content (AvgIpc) is 3.19. The van der Waals surface area contributed by atoms with Crippen LogP contribution in [-0.2, 0) is 13.0 Å². The highest BCUT2D eigenvalue weighted by atomic mass is 127. The molecule has 1 aliphatic rings. The van der Waals surface area contributed by atoms with E-state index in [-0.39, 0.29) is 30.0 Å². The Morgan fingerprint density at radius 2 is 2.06 bits per heavy atom. The second kappa shape index (κ2) is 12.6. The number of hydrogen-bond acceptors (Lipinski definition) is 4. The zero-order valence-corrected chi connectivity index (χ0v) is 21.5. The highest BCUT2D eigenvalue weighted by molar-refractivity contribution is 14.0. The van der Waals surface area contributed by atoms with Crippen molar-refractivity contribution in [3.05, 3.63) is 51.5 Å². The predicted molar refractivity (Wildman–Crippen MR) is 134 cm³/mol. The monoisotopic (exact) mass is 563 g/mol. The summed E-state index contributed by atoms with van der Waals surface area (Å²) < 4.78 is 27.1. The van der Waals surface area contributed by atoms with E-state index in [1.165, 1.54) is 22.8 Å². The van der Waals surface area contributed by atoms with Crippen molar-refractivity contribution in [2.75, 3.05) is 26.7 Å². The summed E-state index contributed by atoms with van der Waals surface area (Å²) in [5.41, 5.74) is 1.60. The maximum Gasteiger partial charge on any atom is 0.191 e. The second-order valence-electron chi connectivity index (χ2n) is 7.79. The third-order valence-corrected chi connectivity index (χ3v) is 6.60. The summed E-state index contributed by atoms with van der Waals surface area (Å²) in [5, 5.41) is 9.93. The summed E-state index contributed by atoms with van der Waals surface area (Å²) in [5.74, 6) is 0.0735. The van der Waals surface area contributed by atoms with E-state index in [2.05, 4.69) is 37.8 Å². The van der Waals surface area contributed by atoms with E-state index in [1.54, 1.807) is 18.4 Å². The fraction of sp³-hybridized carbons (Fsp3) is 0.545. The number of thiazole rings is 1. The van der Waals surface area contributed by atoms with Crippen molar-refractivity contribution in [1.82, 2.24) is 20.5 Å². The third-order valence-electron chi connectivity index (χ3n) is 5.56. The minimum absolute atomic E-state index is 0. The van der Waals surface area contributed by atoms with Gasteiger partial charge in [0.2, 0.25) is 0 Å². The van der Waals surface area contributed by atoms with Crippen molar-refractivity contribution in [3.8, 4) is 0 Å². The number of likely N-dealkylation sites (tertiary alicyclic amines) is 1. The van der Waals surface area contributed by atoms with Gasteiger partial charge in [-0.2, -0.15) is 0 Å². The van der Waals surface area contributed by atoms with Gasteiger partial charge in [0.25, 0.3) is 0 Å². The number of benzene rings is 1. The van der Waals surface area contributed by atoms with Crippen LogP contribution in [0.15, 0.2) is 28.6 Å². The van der Waals surface area contributed by atoms with E-state index < -0.39 is 11.6 Å². The molecule has 3 rings (SSSR count). The van der Waals surface area contributed by atoms with E-state index in [0.717, 1.165) is 51.5 Å². The maximum absolute atomic E-state index is 14.0. The largest absolute Gasteiger partial charge is 0.356 e. The molecule has 31 heavy (non-hydrogen) atoms. The van der Waals surface area contributed by atoms with Gasteiger partial charge in [0.05, 0.1) is 16.7 Å². The van der Waals surface area contributed by atoms with Crippen molar-refractivity contribution < 1.29 is 8.78 Å². The first kappa shape index (κ1) is 25.9.